The Balaban J connectivity index is -0.00000000800. The van der Waals surface area contributed by atoms with Gasteiger partial charge in [-0.1, -0.05) is 0 Å². The van der Waals surface area contributed by atoms with Crippen LogP contribution in [0.5, 0.6) is 0 Å². The summed E-state index contributed by atoms with van der Waals surface area (Å²) in [7, 11) is 0. The molecule has 0 aromatic carbocycles. The summed E-state index contributed by atoms with van der Waals surface area (Å²) >= 11 is 0. The molecule has 0 spiro atoms. The van der Waals surface area contributed by atoms with Crippen molar-refractivity contribution < 1.29 is 54.4 Å². The SMILES string of the molecule is [Mo].[NH3+]CCC[NH3+].[O-2].[O-2].[O-2].[O-2]. The van der Waals surface area contributed by atoms with E-state index in [9.17, 15) is 0 Å². The Morgan fingerprint density at radius 2 is 0.900 bits per heavy atom. The van der Waals surface area contributed by atoms with E-state index in [1.54, 1.807) is 0 Å². The van der Waals surface area contributed by atoms with Gasteiger partial charge in [0.1, 0.15) is 0 Å². The molecule has 0 aliphatic heterocycles. The molecule has 0 bridgehead atoms. The van der Waals surface area contributed by atoms with E-state index in [-0.39, 0.29) is 43.0 Å². The maximum absolute atomic E-state index is 3.64. The Morgan fingerprint density at radius 1 is 0.700 bits per heavy atom. The first kappa shape index (κ1) is 47.1. The van der Waals surface area contributed by atoms with E-state index in [1.165, 1.54) is 6.42 Å². The van der Waals surface area contributed by atoms with Crippen molar-refractivity contribution in [1.82, 2.24) is 0 Å². The summed E-state index contributed by atoms with van der Waals surface area (Å²) in [5, 5.41) is 0. The third-order valence-electron chi connectivity index (χ3n) is 0.500. The van der Waals surface area contributed by atoms with Crippen LogP contribution in [-0.4, -0.2) is 13.1 Å². The molecular weight excluding hydrogens is 224 g/mol. The van der Waals surface area contributed by atoms with Crippen molar-refractivity contribution in [1.29, 1.82) is 0 Å². The fraction of sp³-hybridized carbons (Fsp3) is 1.00. The summed E-state index contributed by atoms with van der Waals surface area (Å²) in [4.78, 5) is 0. The Morgan fingerprint density at radius 3 is 0.900 bits per heavy atom. The molecule has 0 atom stereocenters. The Labute approximate surface area is 74.5 Å². The summed E-state index contributed by atoms with van der Waals surface area (Å²) < 4.78 is 0. The second-order valence-electron chi connectivity index (χ2n) is 1.06. The van der Waals surface area contributed by atoms with Crippen molar-refractivity contribution in [3.63, 3.8) is 0 Å². The van der Waals surface area contributed by atoms with Gasteiger partial charge in [0.15, 0.2) is 0 Å². The van der Waals surface area contributed by atoms with E-state index < -0.39 is 0 Å². The molecule has 6 nitrogen and oxygen atoms in total. The van der Waals surface area contributed by atoms with Crippen LogP contribution < -0.4 is 11.5 Å². The summed E-state index contributed by atoms with van der Waals surface area (Å²) in [6, 6.07) is 0. The summed E-state index contributed by atoms with van der Waals surface area (Å²) in [6.45, 7) is 2.06. The summed E-state index contributed by atoms with van der Waals surface area (Å²) in [6.07, 6.45) is 1.17. The van der Waals surface area contributed by atoms with E-state index in [4.69, 9.17) is 0 Å². The fourth-order valence-corrected chi connectivity index (χ4v) is 0.177. The Hall–Kier alpha value is 0.448. The van der Waals surface area contributed by atoms with Crippen LogP contribution in [0.15, 0.2) is 0 Å². The maximum atomic E-state index is 3.64. The van der Waals surface area contributed by atoms with Gasteiger partial charge >= 0.3 is 0 Å². The van der Waals surface area contributed by atoms with E-state index in [1.807, 2.05) is 0 Å². The zero-order valence-corrected chi connectivity index (χ0v) is 7.58. The normalized spacial score (nSPS) is 4.20. The molecule has 0 radical (unpaired) electrons. The van der Waals surface area contributed by atoms with E-state index in [0.29, 0.717) is 0 Å². The van der Waals surface area contributed by atoms with Crippen molar-refractivity contribution in [2.75, 3.05) is 13.1 Å². The van der Waals surface area contributed by atoms with Crippen molar-refractivity contribution in [2.45, 2.75) is 6.42 Å². The molecule has 0 rings (SSSR count). The standard InChI is InChI=1S/C3H10N2.Mo.4O/c4-2-1-3-5;;;;;/h1-5H2;;;;;/q;;4*-2/p+2. The van der Waals surface area contributed by atoms with Crippen LogP contribution in [0.3, 0.4) is 0 Å². The minimum absolute atomic E-state index is 0. The number of rotatable bonds is 2. The molecule has 0 fully saturated rings. The van der Waals surface area contributed by atoms with E-state index >= 15 is 0 Å². The topological polar surface area (TPSA) is 169 Å². The average molecular weight is 236 g/mol. The average Bonchev–Trinajstić information content (AvgIpc) is 1.41. The molecule has 0 unspecified atom stereocenters. The predicted octanol–water partition coefficient (Wildman–Crippen LogP) is -2.62. The number of hydrogen-bond donors (Lipinski definition) is 2. The van der Waals surface area contributed by atoms with Crippen LogP contribution >= 0.6 is 0 Å². The molecule has 0 heterocycles. The third-order valence-corrected chi connectivity index (χ3v) is 0.500. The smallest absolute Gasteiger partial charge is 0.0794 e. The predicted molar refractivity (Wildman–Crippen MR) is 22.9 cm³/mol. The third kappa shape index (κ3) is 78.2. The van der Waals surface area contributed by atoms with Crippen LogP contribution in [0.4, 0.5) is 0 Å². The molecule has 0 aromatic heterocycles. The minimum atomic E-state index is 0. The van der Waals surface area contributed by atoms with Gasteiger partial charge in [-0.15, -0.1) is 0 Å². The van der Waals surface area contributed by atoms with Crippen molar-refractivity contribution in [2.24, 2.45) is 0 Å². The zero-order chi connectivity index (χ0) is 4.12. The van der Waals surface area contributed by atoms with Gasteiger partial charge in [0.25, 0.3) is 0 Å². The Kier molecular flexibility index (Phi) is 267. The van der Waals surface area contributed by atoms with Gasteiger partial charge in [-0.25, -0.2) is 0 Å². The first-order valence-corrected chi connectivity index (χ1v) is 2.00. The van der Waals surface area contributed by atoms with Crippen molar-refractivity contribution in [3.05, 3.63) is 0 Å². The monoisotopic (exact) mass is 238 g/mol. The van der Waals surface area contributed by atoms with Crippen LogP contribution in [0, 0.1) is 0 Å². The largest absolute Gasteiger partial charge is 2.00 e. The summed E-state index contributed by atoms with van der Waals surface area (Å²) in [5.74, 6) is 0. The van der Waals surface area contributed by atoms with Gasteiger partial charge in [-0.3, -0.25) is 0 Å². The second kappa shape index (κ2) is 56.7. The first-order valence-electron chi connectivity index (χ1n) is 2.00. The molecule has 10 heavy (non-hydrogen) atoms. The second-order valence-corrected chi connectivity index (χ2v) is 1.06. The van der Waals surface area contributed by atoms with Gasteiger partial charge in [-0.05, 0) is 0 Å². The van der Waals surface area contributed by atoms with Crippen LogP contribution in [-0.2, 0) is 43.0 Å². The van der Waals surface area contributed by atoms with Crippen LogP contribution in [0.25, 0.3) is 0 Å². The first-order chi connectivity index (χ1) is 2.41. The van der Waals surface area contributed by atoms with E-state index in [2.05, 4.69) is 11.5 Å². The van der Waals surface area contributed by atoms with Gasteiger partial charge < -0.3 is 33.4 Å². The molecular formula is C3H12MoN2O4-6. The number of hydrogen-bond acceptors (Lipinski definition) is 0. The summed E-state index contributed by atoms with van der Waals surface area (Å²) in [5.41, 5.74) is 7.27. The molecule has 0 aliphatic rings. The molecule has 0 aromatic rings. The van der Waals surface area contributed by atoms with Crippen molar-refractivity contribution in [3.8, 4) is 0 Å². The van der Waals surface area contributed by atoms with Gasteiger partial charge in [0.2, 0.25) is 0 Å². The van der Waals surface area contributed by atoms with Gasteiger partial charge in [-0.2, -0.15) is 0 Å². The molecule has 70 valence electrons. The molecule has 0 saturated heterocycles. The molecule has 0 saturated carbocycles. The molecule has 7 heteroatoms. The molecule has 0 amide bonds. The molecule has 6 N–H and O–H groups in total. The zero-order valence-electron chi connectivity index (χ0n) is 5.58. The minimum Gasteiger partial charge on any atom is -2.00 e. The quantitative estimate of drug-likeness (QED) is 0.479. The van der Waals surface area contributed by atoms with E-state index in [0.717, 1.165) is 13.1 Å². The molecule has 0 aliphatic carbocycles. The fourth-order valence-electron chi connectivity index (χ4n) is 0.177. The van der Waals surface area contributed by atoms with Gasteiger partial charge in [0, 0.05) is 27.5 Å². The maximum Gasteiger partial charge on any atom is 0.0794 e. The Bertz CT molecular complexity index is 26.0. The van der Waals surface area contributed by atoms with Crippen LogP contribution in [0.1, 0.15) is 6.42 Å². The number of quaternary nitrogens is 2. The van der Waals surface area contributed by atoms with Crippen LogP contribution in [0.2, 0.25) is 0 Å². The van der Waals surface area contributed by atoms with Gasteiger partial charge in [0.05, 0.1) is 13.1 Å². The van der Waals surface area contributed by atoms with Crippen molar-refractivity contribution >= 4 is 0 Å².